The van der Waals surface area contributed by atoms with E-state index in [1.807, 2.05) is 0 Å². The van der Waals surface area contributed by atoms with Gasteiger partial charge in [-0.05, 0) is 31.2 Å². The quantitative estimate of drug-likeness (QED) is 0.479. The lowest BCUT2D eigenvalue weighted by Crippen LogP contribution is -2.39. The number of amides is 2. The van der Waals surface area contributed by atoms with Crippen LogP contribution in [0.25, 0.3) is 0 Å². The van der Waals surface area contributed by atoms with Crippen molar-refractivity contribution in [3.05, 3.63) is 69.8 Å². The Kier molecular flexibility index (Phi) is 6.75. The molecule has 1 atom stereocenters. The van der Waals surface area contributed by atoms with E-state index in [4.69, 9.17) is 0 Å². The Hall–Kier alpha value is -3.63. The van der Waals surface area contributed by atoms with Crippen molar-refractivity contribution in [2.75, 3.05) is 5.43 Å². The molecule has 0 aliphatic carbocycles. The second kappa shape index (κ2) is 9.04. The first-order chi connectivity index (χ1) is 13.6. The van der Waals surface area contributed by atoms with E-state index in [0.29, 0.717) is 17.7 Å². The molecule has 0 saturated carbocycles. The van der Waals surface area contributed by atoms with Gasteiger partial charge in [-0.1, -0.05) is 18.2 Å². The average Bonchev–Trinajstić information content (AvgIpc) is 2.65. The van der Waals surface area contributed by atoms with E-state index in [9.17, 15) is 32.9 Å². The number of hydrogen-bond acceptors (Lipinski definition) is 5. The zero-order valence-corrected chi connectivity index (χ0v) is 15.1. The first-order valence-electron chi connectivity index (χ1n) is 8.34. The minimum atomic E-state index is -4.74. The lowest BCUT2D eigenvalue weighted by molar-refractivity contribution is -0.384. The molecular weight excluding hydrogens is 393 g/mol. The van der Waals surface area contributed by atoms with Crippen LogP contribution in [0.4, 0.5) is 24.5 Å². The van der Waals surface area contributed by atoms with E-state index in [-0.39, 0.29) is 18.0 Å². The highest BCUT2D eigenvalue weighted by molar-refractivity contribution is 5.94. The van der Waals surface area contributed by atoms with E-state index in [1.54, 1.807) is 37.3 Å². The van der Waals surface area contributed by atoms with Gasteiger partial charge in [-0.3, -0.25) is 30.6 Å². The average molecular weight is 410 g/mol. The molecule has 154 valence electrons. The van der Waals surface area contributed by atoms with Crippen molar-refractivity contribution in [3.8, 4) is 0 Å². The Bertz CT molecular complexity index is 904. The summed E-state index contributed by atoms with van der Waals surface area (Å²) in [5.41, 5.74) is 2.50. The highest BCUT2D eigenvalue weighted by atomic mass is 19.4. The number of halogens is 3. The number of nitrogens with zero attached hydrogens (tertiary/aromatic N) is 1. The lowest BCUT2D eigenvalue weighted by atomic mass is 10.1. The molecule has 11 heteroatoms. The normalized spacial score (nSPS) is 12.0. The smallest absolute Gasteiger partial charge is 0.349 e. The maximum absolute atomic E-state index is 12.7. The van der Waals surface area contributed by atoms with Crippen LogP contribution in [0.3, 0.4) is 0 Å². The first-order valence-corrected chi connectivity index (χ1v) is 8.34. The first kappa shape index (κ1) is 21.7. The minimum absolute atomic E-state index is 0.167. The van der Waals surface area contributed by atoms with Crippen LogP contribution in [-0.2, 0) is 11.0 Å². The second-order valence-electron chi connectivity index (χ2n) is 6.10. The molecule has 0 radical (unpaired) electrons. The van der Waals surface area contributed by atoms with Gasteiger partial charge in [0.2, 0.25) is 5.91 Å². The SMILES string of the molecule is CC(CC(=O)NNc1ccc(C(F)(F)F)cc1[N+](=O)[O-])NC(=O)c1ccccc1. The summed E-state index contributed by atoms with van der Waals surface area (Å²) in [7, 11) is 0. The van der Waals surface area contributed by atoms with Gasteiger partial charge < -0.3 is 5.32 Å². The summed E-state index contributed by atoms with van der Waals surface area (Å²) < 4.78 is 38.1. The summed E-state index contributed by atoms with van der Waals surface area (Å²) in [6, 6.07) is 9.65. The largest absolute Gasteiger partial charge is 0.416 e. The van der Waals surface area contributed by atoms with Gasteiger partial charge in [0.15, 0.2) is 0 Å². The molecule has 29 heavy (non-hydrogen) atoms. The summed E-state index contributed by atoms with van der Waals surface area (Å²) in [4.78, 5) is 34.0. The molecule has 8 nitrogen and oxygen atoms in total. The van der Waals surface area contributed by atoms with Crippen LogP contribution >= 0.6 is 0 Å². The number of nitro groups is 1. The molecule has 0 fully saturated rings. The van der Waals surface area contributed by atoms with Gasteiger partial charge in [0.25, 0.3) is 11.6 Å². The van der Waals surface area contributed by atoms with Crippen LogP contribution in [0.15, 0.2) is 48.5 Å². The third-order valence-electron chi connectivity index (χ3n) is 3.76. The van der Waals surface area contributed by atoms with Crippen LogP contribution in [-0.4, -0.2) is 22.8 Å². The van der Waals surface area contributed by atoms with Gasteiger partial charge in [0.1, 0.15) is 5.69 Å². The predicted molar refractivity (Wildman–Crippen MR) is 97.9 cm³/mol. The van der Waals surface area contributed by atoms with Crippen molar-refractivity contribution in [3.63, 3.8) is 0 Å². The highest BCUT2D eigenvalue weighted by Crippen LogP contribution is 2.34. The maximum Gasteiger partial charge on any atom is 0.416 e. The Labute approximate surface area is 163 Å². The molecule has 2 aromatic carbocycles. The number of nitro benzene ring substituents is 1. The summed E-state index contributed by atoms with van der Waals surface area (Å²) in [6.07, 6.45) is -4.90. The van der Waals surface area contributed by atoms with Crippen LogP contribution in [0, 0.1) is 10.1 Å². The lowest BCUT2D eigenvalue weighted by Gasteiger charge is -2.15. The van der Waals surface area contributed by atoms with Crippen LogP contribution in [0.2, 0.25) is 0 Å². The van der Waals surface area contributed by atoms with Crippen molar-refractivity contribution < 1.29 is 27.7 Å². The summed E-state index contributed by atoms with van der Waals surface area (Å²) >= 11 is 0. The fraction of sp³-hybridized carbons (Fsp3) is 0.222. The monoisotopic (exact) mass is 410 g/mol. The van der Waals surface area contributed by atoms with Gasteiger partial charge >= 0.3 is 6.18 Å². The number of benzene rings is 2. The highest BCUT2D eigenvalue weighted by Gasteiger charge is 2.33. The number of anilines is 1. The molecular formula is C18H17F3N4O4. The molecule has 3 N–H and O–H groups in total. The Morgan fingerprint density at radius 3 is 2.38 bits per heavy atom. The van der Waals surface area contributed by atoms with E-state index in [2.05, 4.69) is 16.2 Å². The number of alkyl halides is 3. The molecule has 0 heterocycles. The number of hydrogen-bond donors (Lipinski definition) is 3. The van der Waals surface area contributed by atoms with E-state index in [1.165, 1.54) is 0 Å². The zero-order chi connectivity index (χ0) is 21.6. The van der Waals surface area contributed by atoms with E-state index < -0.39 is 34.3 Å². The zero-order valence-electron chi connectivity index (χ0n) is 15.1. The summed E-state index contributed by atoms with van der Waals surface area (Å²) in [6.45, 7) is 1.58. The third kappa shape index (κ3) is 6.19. The summed E-state index contributed by atoms with van der Waals surface area (Å²) in [5.74, 6) is -1.00. The van der Waals surface area contributed by atoms with Crippen molar-refractivity contribution >= 4 is 23.2 Å². The van der Waals surface area contributed by atoms with Crippen molar-refractivity contribution in [2.45, 2.75) is 25.6 Å². The molecule has 0 bridgehead atoms. The molecule has 0 spiro atoms. The van der Waals surface area contributed by atoms with Crippen LogP contribution in [0.1, 0.15) is 29.3 Å². The van der Waals surface area contributed by atoms with Gasteiger partial charge in [-0.2, -0.15) is 13.2 Å². The number of hydrazine groups is 1. The fourth-order valence-corrected chi connectivity index (χ4v) is 2.38. The predicted octanol–water partition coefficient (Wildman–Crippen LogP) is 3.27. The summed E-state index contributed by atoms with van der Waals surface area (Å²) in [5, 5.41) is 13.6. The fourth-order valence-electron chi connectivity index (χ4n) is 2.38. The molecule has 0 saturated heterocycles. The van der Waals surface area contributed by atoms with Crippen molar-refractivity contribution in [2.24, 2.45) is 0 Å². The van der Waals surface area contributed by atoms with E-state index >= 15 is 0 Å². The van der Waals surface area contributed by atoms with Gasteiger partial charge in [-0.25, -0.2) is 0 Å². The van der Waals surface area contributed by atoms with Crippen molar-refractivity contribution in [1.82, 2.24) is 10.7 Å². The Balaban J connectivity index is 1.95. The number of carbonyl (C=O) groups excluding carboxylic acids is 2. The number of nitrogens with one attached hydrogen (secondary N) is 3. The van der Waals surface area contributed by atoms with Crippen LogP contribution < -0.4 is 16.2 Å². The topological polar surface area (TPSA) is 113 Å². The molecule has 0 aromatic heterocycles. The third-order valence-corrected chi connectivity index (χ3v) is 3.76. The number of rotatable bonds is 7. The Morgan fingerprint density at radius 2 is 1.79 bits per heavy atom. The number of carbonyl (C=O) groups is 2. The second-order valence-corrected chi connectivity index (χ2v) is 6.10. The standard InChI is InChI=1S/C18H17F3N4O4/c1-11(22-17(27)12-5-3-2-4-6-12)9-16(26)24-23-14-8-7-13(18(19,20)21)10-15(14)25(28)29/h2-8,10-11,23H,9H2,1H3,(H,22,27)(H,24,26). The molecule has 2 aromatic rings. The minimum Gasteiger partial charge on any atom is -0.349 e. The molecule has 1 unspecified atom stereocenters. The molecule has 0 aliphatic heterocycles. The van der Waals surface area contributed by atoms with Gasteiger partial charge in [0, 0.05) is 24.1 Å². The van der Waals surface area contributed by atoms with Gasteiger partial charge in [0.05, 0.1) is 10.5 Å². The maximum atomic E-state index is 12.7. The van der Waals surface area contributed by atoms with Crippen molar-refractivity contribution in [1.29, 1.82) is 0 Å². The van der Waals surface area contributed by atoms with Gasteiger partial charge in [-0.15, -0.1) is 0 Å². The van der Waals surface area contributed by atoms with E-state index in [0.717, 1.165) is 6.07 Å². The van der Waals surface area contributed by atoms with Crippen LogP contribution in [0.5, 0.6) is 0 Å². The molecule has 2 rings (SSSR count). The Morgan fingerprint density at radius 1 is 1.14 bits per heavy atom. The molecule has 0 aliphatic rings. The molecule has 2 amide bonds.